The summed E-state index contributed by atoms with van der Waals surface area (Å²) in [6.07, 6.45) is 1.35. The van der Waals surface area contributed by atoms with Crippen LogP contribution in [0.2, 0.25) is 0 Å². The van der Waals surface area contributed by atoms with Crippen LogP contribution in [0.15, 0.2) is 22.7 Å². The molecule has 1 amide bonds. The third-order valence-corrected chi connectivity index (χ3v) is 4.18. The van der Waals surface area contributed by atoms with Crippen molar-refractivity contribution in [1.29, 1.82) is 0 Å². The number of piperidine rings is 1. The number of carbonyl (C=O) groups excluding carboxylic acids is 1. The Morgan fingerprint density at radius 2 is 2.24 bits per heavy atom. The second kappa shape index (κ2) is 6.93. The zero-order chi connectivity index (χ0) is 15.4. The fourth-order valence-corrected chi connectivity index (χ4v) is 2.97. The number of nitrogens with zero attached hydrogens (tertiary/aromatic N) is 1. The summed E-state index contributed by atoms with van der Waals surface area (Å²) in [5.41, 5.74) is 1.10. The van der Waals surface area contributed by atoms with Gasteiger partial charge in [-0.05, 0) is 53.4 Å². The van der Waals surface area contributed by atoms with Crippen molar-refractivity contribution in [3.05, 3.63) is 28.2 Å². The average Bonchev–Trinajstić information content (AvgIpc) is 2.46. The predicted molar refractivity (Wildman–Crippen MR) is 81.3 cm³/mol. The quantitative estimate of drug-likeness (QED) is 0.900. The lowest BCUT2D eigenvalue weighted by atomic mass is 9.98. The maximum atomic E-state index is 12.1. The maximum absolute atomic E-state index is 12.1. The number of ether oxygens (including phenoxy) is 1. The largest absolute Gasteiger partial charge is 0.483 e. The molecule has 1 unspecified atom stereocenters. The van der Waals surface area contributed by atoms with Crippen molar-refractivity contribution in [2.75, 3.05) is 19.7 Å². The van der Waals surface area contributed by atoms with Crippen molar-refractivity contribution in [2.24, 2.45) is 5.92 Å². The Labute approximate surface area is 132 Å². The highest BCUT2D eigenvalue weighted by Gasteiger charge is 2.28. The van der Waals surface area contributed by atoms with E-state index in [-0.39, 0.29) is 19.1 Å². The molecule has 2 rings (SSSR count). The summed E-state index contributed by atoms with van der Waals surface area (Å²) in [7, 11) is 0. The monoisotopic (exact) mass is 355 g/mol. The molecule has 1 aliphatic heterocycles. The van der Waals surface area contributed by atoms with Crippen LogP contribution in [0.4, 0.5) is 0 Å². The molecule has 1 fully saturated rings. The number of carboxylic acids is 1. The van der Waals surface area contributed by atoms with Crippen molar-refractivity contribution < 1.29 is 19.4 Å². The van der Waals surface area contributed by atoms with Gasteiger partial charge in [0.05, 0.1) is 10.4 Å². The van der Waals surface area contributed by atoms with Gasteiger partial charge in [0.25, 0.3) is 5.91 Å². The highest BCUT2D eigenvalue weighted by Crippen LogP contribution is 2.26. The Morgan fingerprint density at radius 3 is 2.90 bits per heavy atom. The molecule has 1 aliphatic rings. The molecule has 0 spiro atoms. The minimum atomic E-state index is -0.838. The van der Waals surface area contributed by atoms with Gasteiger partial charge in [0.1, 0.15) is 5.75 Å². The third kappa shape index (κ3) is 4.20. The fourth-order valence-electron chi connectivity index (χ4n) is 2.36. The molecule has 0 saturated carbocycles. The number of hydrogen-bond donors (Lipinski definition) is 1. The minimum Gasteiger partial charge on any atom is -0.483 e. The van der Waals surface area contributed by atoms with Crippen LogP contribution in [0, 0.1) is 12.8 Å². The molecular weight excluding hydrogens is 338 g/mol. The van der Waals surface area contributed by atoms with Gasteiger partial charge in [0, 0.05) is 13.1 Å². The lowest BCUT2D eigenvalue weighted by Gasteiger charge is -2.30. The maximum Gasteiger partial charge on any atom is 0.308 e. The Hall–Kier alpha value is -1.56. The van der Waals surface area contributed by atoms with E-state index in [4.69, 9.17) is 9.84 Å². The first-order valence-electron chi connectivity index (χ1n) is 6.87. The molecule has 0 aromatic heterocycles. The standard InChI is InChI=1S/C15H18BrNO4/c1-10-4-5-13(12(16)7-10)21-9-14(18)17-6-2-3-11(8-17)15(19)20/h4-5,7,11H,2-3,6,8-9H2,1H3,(H,19,20). The molecule has 0 aliphatic carbocycles. The number of likely N-dealkylation sites (tertiary alicyclic amines) is 1. The zero-order valence-electron chi connectivity index (χ0n) is 11.8. The summed E-state index contributed by atoms with van der Waals surface area (Å²) in [4.78, 5) is 24.7. The van der Waals surface area contributed by atoms with Gasteiger partial charge in [-0.2, -0.15) is 0 Å². The Morgan fingerprint density at radius 1 is 1.48 bits per heavy atom. The Bertz CT molecular complexity index is 546. The first-order chi connectivity index (χ1) is 9.97. The number of hydrogen-bond acceptors (Lipinski definition) is 3. The molecule has 6 heteroatoms. The highest BCUT2D eigenvalue weighted by molar-refractivity contribution is 9.10. The first kappa shape index (κ1) is 15.8. The lowest BCUT2D eigenvalue weighted by molar-refractivity contribution is -0.146. The molecular formula is C15H18BrNO4. The minimum absolute atomic E-state index is 0.0754. The fraction of sp³-hybridized carbons (Fsp3) is 0.467. The van der Waals surface area contributed by atoms with Crippen LogP contribution in [-0.4, -0.2) is 41.6 Å². The topological polar surface area (TPSA) is 66.8 Å². The van der Waals surface area contributed by atoms with Crippen LogP contribution < -0.4 is 4.74 Å². The van der Waals surface area contributed by atoms with Crippen molar-refractivity contribution in [1.82, 2.24) is 4.90 Å². The Balaban J connectivity index is 1.90. The van der Waals surface area contributed by atoms with E-state index >= 15 is 0 Å². The van der Waals surface area contributed by atoms with Gasteiger partial charge in [0.2, 0.25) is 0 Å². The number of benzene rings is 1. The van der Waals surface area contributed by atoms with Gasteiger partial charge in [-0.3, -0.25) is 9.59 Å². The van der Waals surface area contributed by atoms with E-state index in [0.717, 1.165) is 16.5 Å². The van der Waals surface area contributed by atoms with E-state index in [2.05, 4.69) is 15.9 Å². The van der Waals surface area contributed by atoms with Crippen LogP contribution >= 0.6 is 15.9 Å². The molecule has 1 heterocycles. The van der Waals surface area contributed by atoms with Crippen LogP contribution in [-0.2, 0) is 9.59 Å². The van der Waals surface area contributed by atoms with Crippen molar-refractivity contribution in [2.45, 2.75) is 19.8 Å². The number of amides is 1. The molecule has 1 N–H and O–H groups in total. The zero-order valence-corrected chi connectivity index (χ0v) is 13.4. The van der Waals surface area contributed by atoms with Crippen molar-refractivity contribution in [3.8, 4) is 5.75 Å². The van der Waals surface area contributed by atoms with Crippen LogP contribution in [0.3, 0.4) is 0 Å². The number of halogens is 1. The van der Waals surface area contributed by atoms with Gasteiger partial charge in [-0.25, -0.2) is 0 Å². The van der Waals surface area contributed by atoms with Crippen LogP contribution in [0.5, 0.6) is 5.75 Å². The third-order valence-electron chi connectivity index (χ3n) is 3.56. The summed E-state index contributed by atoms with van der Waals surface area (Å²) in [6.45, 7) is 2.76. The van der Waals surface area contributed by atoms with Gasteiger partial charge >= 0.3 is 5.97 Å². The van der Waals surface area contributed by atoms with Gasteiger partial charge < -0.3 is 14.7 Å². The van der Waals surface area contributed by atoms with E-state index < -0.39 is 11.9 Å². The number of rotatable bonds is 4. The molecule has 0 radical (unpaired) electrons. The van der Waals surface area contributed by atoms with E-state index in [9.17, 15) is 9.59 Å². The second-order valence-electron chi connectivity index (χ2n) is 5.24. The smallest absolute Gasteiger partial charge is 0.308 e. The lowest BCUT2D eigenvalue weighted by Crippen LogP contribution is -2.44. The molecule has 5 nitrogen and oxygen atoms in total. The predicted octanol–water partition coefficient (Wildman–Crippen LogP) is 2.46. The molecule has 1 aromatic carbocycles. The number of carboxylic acid groups (broad SMARTS) is 1. The summed E-state index contributed by atoms with van der Waals surface area (Å²) < 4.78 is 6.32. The van der Waals surface area contributed by atoms with E-state index in [1.165, 1.54) is 0 Å². The summed E-state index contributed by atoms with van der Waals surface area (Å²) in [5, 5.41) is 9.03. The average molecular weight is 356 g/mol. The van der Waals surface area contributed by atoms with Crippen molar-refractivity contribution in [3.63, 3.8) is 0 Å². The molecule has 114 valence electrons. The molecule has 21 heavy (non-hydrogen) atoms. The number of carbonyl (C=O) groups is 2. The van der Waals surface area contributed by atoms with Crippen molar-refractivity contribution >= 4 is 27.8 Å². The summed E-state index contributed by atoms with van der Waals surface area (Å²) in [5.74, 6) is -0.863. The van der Waals surface area contributed by atoms with Crippen LogP contribution in [0.25, 0.3) is 0 Å². The van der Waals surface area contributed by atoms with E-state index in [0.29, 0.717) is 18.7 Å². The molecule has 1 aromatic rings. The second-order valence-corrected chi connectivity index (χ2v) is 6.09. The molecule has 0 bridgehead atoms. The number of aliphatic carboxylic acids is 1. The summed E-state index contributed by atoms with van der Waals surface area (Å²) in [6, 6.07) is 5.63. The number of aryl methyl sites for hydroxylation is 1. The first-order valence-corrected chi connectivity index (χ1v) is 7.66. The molecule has 1 saturated heterocycles. The SMILES string of the molecule is Cc1ccc(OCC(=O)N2CCCC(C(=O)O)C2)c(Br)c1. The van der Waals surface area contributed by atoms with E-state index in [1.807, 2.05) is 25.1 Å². The Kier molecular flexibility index (Phi) is 5.22. The normalized spacial score (nSPS) is 18.4. The van der Waals surface area contributed by atoms with Gasteiger partial charge in [-0.15, -0.1) is 0 Å². The van der Waals surface area contributed by atoms with Crippen LogP contribution in [0.1, 0.15) is 18.4 Å². The van der Waals surface area contributed by atoms with Gasteiger partial charge in [-0.1, -0.05) is 6.07 Å². The molecule has 1 atom stereocenters. The summed E-state index contributed by atoms with van der Waals surface area (Å²) >= 11 is 3.39. The van der Waals surface area contributed by atoms with E-state index in [1.54, 1.807) is 4.90 Å². The van der Waals surface area contributed by atoms with Gasteiger partial charge in [0.15, 0.2) is 6.61 Å². The highest BCUT2D eigenvalue weighted by atomic mass is 79.9.